The molecule has 3 aliphatic rings. The van der Waals surface area contributed by atoms with Gasteiger partial charge in [-0.25, -0.2) is 0 Å². The zero-order chi connectivity index (χ0) is 12.4. The van der Waals surface area contributed by atoms with Crippen molar-refractivity contribution in [3.05, 3.63) is 0 Å². The number of methoxy groups -OCH3 is 1. The van der Waals surface area contributed by atoms with Crippen LogP contribution in [0.5, 0.6) is 0 Å². The number of ether oxygens (including phenoxy) is 1. The van der Waals surface area contributed by atoms with Crippen LogP contribution in [0.1, 0.15) is 25.7 Å². The molecule has 0 aromatic carbocycles. The average Bonchev–Trinajstić information content (AvgIpc) is 3.29. The van der Waals surface area contributed by atoms with E-state index in [-0.39, 0.29) is 0 Å². The number of nitrogens with zero attached hydrogens (tertiary/aromatic N) is 2. The molecule has 1 saturated heterocycles. The molecule has 0 aromatic heterocycles. The first-order valence-corrected chi connectivity index (χ1v) is 7.57. The molecule has 1 heterocycles. The summed E-state index contributed by atoms with van der Waals surface area (Å²) in [5.74, 6) is 0. The highest BCUT2D eigenvalue weighted by molar-refractivity contribution is 4.90. The van der Waals surface area contributed by atoms with Crippen molar-refractivity contribution < 1.29 is 4.74 Å². The predicted molar refractivity (Wildman–Crippen MR) is 72.9 cm³/mol. The lowest BCUT2D eigenvalue weighted by Gasteiger charge is -2.39. The monoisotopic (exact) mass is 253 g/mol. The van der Waals surface area contributed by atoms with Gasteiger partial charge in [0.1, 0.15) is 0 Å². The molecule has 1 unspecified atom stereocenters. The van der Waals surface area contributed by atoms with E-state index in [1.807, 2.05) is 7.11 Å². The molecule has 0 spiro atoms. The van der Waals surface area contributed by atoms with Gasteiger partial charge in [0.25, 0.3) is 0 Å². The lowest BCUT2D eigenvalue weighted by Crippen LogP contribution is -2.54. The van der Waals surface area contributed by atoms with Gasteiger partial charge in [-0.15, -0.1) is 0 Å². The summed E-state index contributed by atoms with van der Waals surface area (Å²) in [7, 11) is 1.82. The Balaban J connectivity index is 1.43. The van der Waals surface area contributed by atoms with Gasteiger partial charge in [-0.05, 0) is 25.7 Å². The van der Waals surface area contributed by atoms with Crippen molar-refractivity contribution in [3.8, 4) is 0 Å². The number of nitrogens with one attached hydrogen (secondary N) is 1. The zero-order valence-corrected chi connectivity index (χ0v) is 11.6. The number of hydrogen-bond donors (Lipinski definition) is 1. The first kappa shape index (κ1) is 12.9. The van der Waals surface area contributed by atoms with Crippen molar-refractivity contribution >= 4 is 0 Å². The van der Waals surface area contributed by atoms with Crippen LogP contribution in [-0.2, 0) is 4.74 Å². The summed E-state index contributed by atoms with van der Waals surface area (Å²) in [5.41, 5.74) is 0. The third-order valence-corrected chi connectivity index (χ3v) is 4.51. The van der Waals surface area contributed by atoms with Gasteiger partial charge in [0.05, 0.1) is 6.61 Å². The van der Waals surface area contributed by atoms with Gasteiger partial charge in [-0.2, -0.15) is 0 Å². The Labute approximate surface area is 111 Å². The highest BCUT2D eigenvalue weighted by Crippen LogP contribution is 2.27. The zero-order valence-electron chi connectivity index (χ0n) is 11.6. The molecule has 1 N–H and O–H groups in total. The second kappa shape index (κ2) is 5.87. The summed E-state index contributed by atoms with van der Waals surface area (Å²) in [6.07, 6.45) is 5.61. The molecule has 2 saturated carbocycles. The van der Waals surface area contributed by atoms with Crippen LogP contribution in [0.3, 0.4) is 0 Å². The molecule has 104 valence electrons. The van der Waals surface area contributed by atoms with Crippen LogP contribution in [0, 0.1) is 0 Å². The molecule has 0 amide bonds. The van der Waals surface area contributed by atoms with Gasteiger partial charge in [0.2, 0.25) is 0 Å². The van der Waals surface area contributed by atoms with Gasteiger partial charge >= 0.3 is 0 Å². The summed E-state index contributed by atoms with van der Waals surface area (Å²) in [6.45, 7) is 6.92. The van der Waals surface area contributed by atoms with Crippen molar-refractivity contribution in [2.24, 2.45) is 0 Å². The summed E-state index contributed by atoms with van der Waals surface area (Å²) in [4.78, 5) is 5.30. The van der Waals surface area contributed by atoms with Crippen LogP contribution in [0.25, 0.3) is 0 Å². The maximum atomic E-state index is 5.40. The van der Waals surface area contributed by atoms with Crippen LogP contribution < -0.4 is 5.32 Å². The second-order valence-corrected chi connectivity index (χ2v) is 6.09. The van der Waals surface area contributed by atoms with Crippen molar-refractivity contribution in [2.45, 2.75) is 43.8 Å². The average molecular weight is 253 g/mol. The third-order valence-electron chi connectivity index (χ3n) is 4.51. The van der Waals surface area contributed by atoms with Gasteiger partial charge in [-0.1, -0.05) is 0 Å². The normalized spacial score (nSPS) is 28.5. The SMILES string of the molecule is COCC(CNC1CC1)N1CCN(C2CC2)CC1. The molecule has 2 aliphatic carbocycles. The fraction of sp³-hybridized carbons (Fsp3) is 1.00. The van der Waals surface area contributed by atoms with Crippen molar-refractivity contribution in [3.63, 3.8) is 0 Å². The minimum absolute atomic E-state index is 0.567. The van der Waals surface area contributed by atoms with Crippen LogP contribution in [-0.4, -0.2) is 74.4 Å². The summed E-state index contributed by atoms with van der Waals surface area (Å²) in [6, 6.07) is 2.30. The lowest BCUT2D eigenvalue weighted by atomic mass is 10.2. The Morgan fingerprint density at radius 3 is 2.39 bits per heavy atom. The Morgan fingerprint density at radius 2 is 1.83 bits per heavy atom. The molecule has 1 atom stereocenters. The topological polar surface area (TPSA) is 27.7 Å². The molecule has 4 nitrogen and oxygen atoms in total. The largest absolute Gasteiger partial charge is 0.383 e. The molecule has 18 heavy (non-hydrogen) atoms. The quantitative estimate of drug-likeness (QED) is 0.716. The molecule has 0 aromatic rings. The molecule has 3 fully saturated rings. The molecule has 0 radical (unpaired) electrons. The highest BCUT2D eigenvalue weighted by atomic mass is 16.5. The van der Waals surface area contributed by atoms with Gasteiger partial charge < -0.3 is 10.1 Å². The summed E-state index contributed by atoms with van der Waals surface area (Å²) >= 11 is 0. The number of rotatable bonds is 7. The van der Waals surface area contributed by atoms with Crippen molar-refractivity contribution in [1.82, 2.24) is 15.1 Å². The van der Waals surface area contributed by atoms with E-state index in [1.54, 1.807) is 0 Å². The first-order chi connectivity index (χ1) is 8.86. The van der Waals surface area contributed by atoms with E-state index in [2.05, 4.69) is 15.1 Å². The van der Waals surface area contributed by atoms with E-state index in [4.69, 9.17) is 4.74 Å². The Hall–Kier alpha value is -0.160. The molecule has 1 aliphatic heterocycles. The maximum absolute atomic E-state index is 5.40. The number of hydrogen-bond acceptors (Lipinski definition) is 4. The van der Waals surface area contributed by atoms with Crippen molar-refractivity contribution in [2.75, 3.05) is 46.4 Å². The Morgan fingerprint density at radius 1 is 1.11 bits per heavy atom. The van der Waals surface area contributed by atoms with Crippen LogP contribution in [0.4, 0.5) is 0 Å². The Kier molecular flexibility index (Phi) is 4.19. The molecule has 3 rings (SSSR count). The second-order valence-electron chi connectivity index (χ2n) is 6.09. The smallest absolute Gasteiger partial charge is 0.0630 e. The lowest BCUT2D eigenvalue weighted by molar-refractivity contribution is 0.0470. The van der Waals surface area contributed by atoms with Gasteiger partial charge in [-0.3, -0.25) is 9.80 Å². The molecule has 0 bridgehead atoms. The minimum Gasteiger partial charge on any atom is -0.383 e. The maximum Gasteiger partial charge on any atom is 0.0630 e. The fourth-order valence-electron chi connectivity index (χ4n) is 2.98. The van der Waals surface area contributed by atoms with E-state index in [1.165, 1.54) is 51.9 Å². The molecular weight excluding hydrogens is 226 g/mol. The predicted octanol–water partition coefficient (Wildman–Crippen LogP) is 0.533. The summed E-state index contributed by atoms with van der Waals surface area (Å²) < 4.78 is 5.40. The fourth-order valence-corrected chi connectivity index (χ4v) is 2.98. The van der Waals surface area contributed by atoms with E-state index < -0.39 is 0 Å². The van der Waals surface area contributed by atoms with E-state index >= 15 is 0 Å². The van der Waals surface area contributed by atoms with Crippen LogP contribution in [0.15, 0.2) is 0 Å². The molecular formula is C14H27N3O. The summed E-state index contributed by atoms with van der Waals surface area (Å²) in [5, 5.41) is 3.65. The van der Waals surface area contributed by atoms with Gasteiger partial charge in [0.15, 0.2) is 0 Å². The van der Waals surface area contributed by atoms with Crippen LogP contribution >= 0.6 is 0 Å². The van der Waals surface area contributed by atoms with E-state index in [0.29, 0.717) is 6.04 Å². The highest BCUT2D eigenvalue weighted by Gasteiger charge is 2.33. The van der Waals surface area contributed by atoms with E-state index in [0.717, 1.165) is 25.2 Å². The van der Waals surface area contributed by atoms with E-state index in [9.17, 15) is 0 Å². The minimum atomic E-state index is 0.567. The first-order valence-electron chi connectivity index (χ1n) is 7.57. The number of piperazine rings is 1. The van der Waals surface area contributed by atoms with Crippen molar-refractivity contribution in [1.29, 1.82) is 0 Å². The molecule has 4 heteroatoms. The van der Waals surface area contributed by atoms with Gasteiger partial charge in [0, 0.05) is 58.0 Å². The van der Waals surface area contributed by atoms with Crippen LogP contribution in [0.2, 0.25) is 0 Å². The Bertz CT molecular complexity index is 258. The standard InChI is InChI=1S/C14H27N3O/c1-18-11-14(10-15-12-2-3-12)17-8-6-16(7-9-17)13-4-5-13/h12-15H,2-11H2,1H3. The third kappa shape index (κ3) is 3.44.